The minimum absolute atomic E-state index is 0.0520. The molecule has 0 aliphatic heterocycles. The molecule has 0 bridgehead atoms. The molecule has 0 atom stereocenters. The second kappa shape index (κ2) is 8.26. The maximum atomic E-state index is 12.0. The van der Waals surface area contributed by atoms with Crippen LogP contribution < -0.4 is 10.1 Å². The Kier molecular flexibility index (Phi) is 6.08. The highest BCUT2D eigenvalue weighted by atomic mass is 35.5. The van der Waals surface area contributed by atoms with Crippen LogP contribution >= 0.6 is 11.6 Å². The molecule has 2 N–H and O–H groups in total. The van der Waals surface area contributed by atoms with Gasteiger partial charge in [0.05, 0.1) is 19.0 Å². The Bertz CT molecular complexity index is 735. The number of amides is 1. The Balaban J connectivity index is 1.95. The predicted octanol–water partition coefficient (Wildman–Crippen LogP) is 2.20. The molecule has 2 rings (SSSR count). The van der Waals surface area contributed by atoms with Crippen molar-refractivity contribution < 1.29 is 19.4 Å². The number of halogens is 1. The van der Waals surface area contributed by atoms with Crippen LogP contribution in [0.25, 0.3) is 0 Å². The third kappa shape index (κ3) is 4.66. The molecule has 126 valence electrons. The van der Waals surface area contributed by atoms with E-state index in [-0.39, 0.29) is 11.4 Å². The highest BCUT2D eigenvalue weighted by molar-refractivity contribution is 6.30. The van der Waals surface area contributed by atoms with Gasteiger partial charge < -0.3 is 15.2 Å². The zero-order valence-electron chi connectivity index (χ0n) is 13.0. The van der Waals surface area contributed by atoms with Crippen LogP contribution in [0, 0.1) is 0 Å². The topological polar surface area (TPSA) is 101 Å². The Morgan fingerprint density at radius 1 is 1.25 bits per heavy atom. The van der Waals surface area contributed by atoms with Crippen molar-refractivity contribution in [2.75, 3.05) is 13.2 Å². The number of hydrogen-bond acceptors (Lipinski definition) is 5. The van der Waals surface area contributed by atoms with Crippen LogP contribution in [0.3, 0.4) is 0 Å². The van der Waals surface area contributed by atoms with Gasteiger partial charge in [-0.05, 0) is 37.1 Å². The quantitative estimate of drug-likeness (QED) is 0.794. The van der Waals surface area contributed by atoms with E-state index in [4.69, 9.17) is 21.4 Å². The van der Waals surface area contributed by atoms with Crippen molar-refractivity contribution in [2.24, 2.45) is 0 Å². The predicted molar refractivity (Wildman–Crippen MR) is 87.6 cm³/mol. The average molecular weight is 350 g/mol. The standard InChI is InChI=1S/C16H16ClN3O4/c1-2-24-14-4-3-11(17)7-10(14)5-6-18-15(21)12-8-20-13(9-19-12)16(22)23/h3-4,7-9H,2,5-6H2,1H3,(H,18,21)(H,22,23). The third-order valence-corrected chi connectivity index (χ3v) is 3.34. The summed E-state index contributed by atoms with van der Waals surface area (Å²) in [5.41, 5.74) is 0.722. The first-order valence-electron chi connectivity index (χ1n) is 7.26. The van der Waals surface area contributed by atoms with E-state index in [1.807, 2.05) is 6.92 Å². The normalized spacial score (nSPS) is 10.2. The average Bonchev–Trinajstić information content (AvgIpc) is 2.57. The number of carboxylic acids is 1. The van der Waals surface area contributed by atoms with Gasteiger partial charge in [0.15, 0.2) is 5.69 Å². The van der Waals surface area contributed by atoms with Crippen molar-refractivity contribution in [3.05, 3.63) is 52.6 Å². The number of rotatable bonds is 7. The fraction of sp³-hybridized carbons (Fsp3) is 0.250. The van der Waals surface area contributed by atoms with Crippen LogP contribution in [0.5, 0.6) is 5.75 Å². The number of carbonyl (C=O) groups excluding carboxylic acids is 1. The molecular formula is C16H16ClN3O4. The number of nitrogens with one attached hydrogen (secondary N) is 1. The zero-order valence-corrected chi connectivity index (χ0v) is 13.7. The van der Waals surface area contributed by atoms with Gasteiger partial charge in [0.1, 0.15) is 11.4 Å². The summed E-state index contributed by atoms with van der Waals surface area (Å²) >= 11 is 5.99. The largest absolute Gasteiger partial charge is 0.494 e. The second-order valence-corrected chi connectivity index (χ2v) is 5.22. The molecule has 8 heteroatoms. The molecule has 1 heterocycles. The van der Waals surface area contributed by atoms with E-state index in [0.29, 0.717) is 24.6 Å². The molecule has 0 saturated carbocycles. The van der Waals surface area contributed by atoms with Gasteiger partial charge in [0.25, 0.3) is 5.91 Å². The fourth-order valence-corrected chi connectivity index (χ4v) is 2.19. The summed E-state index contributed by atoms with van der Waals surface area (Å²) in [5, 5.41) is 12.0. The smallest absolute Gasteiger partial charge is 0.356 e. The maximum absolute atomic E-state index is 12.0. The molecule has 0 saturated heterocycles. The van der Waals surface area contributed by atoms with Crippen LogP contribution in [-0.2, 0) is 6.42 Å². The second-order valence-electron chi connectivity index (χ2n) is 4.78. The van der Waals surface area contributed by atoms with Crippen LogP contribution in [0.15, 0.2) is 30.6 Å². The molecule has 7 nitrogen and oxygen atoms in total. The van der Waals surface area contributed by atoms with Crippen LogP contribution in [0.2, 0.25) is 5.02 Å². The van der Waals surface area contributed by atoms with Gasteiger partial charge in [-0.2, -0.15) is 0 Å². The summed E-state index contributed by atoms with van der Waals surface area (Å²) in [4.78, 5) is 30.1. The highest BCUT2D eigenvalue weighted by Crippen LogP contribution is 2.23. The first-order valence-corrected chi connectivity index (χ1v) is 7.63. The van der Waals surface area contributed by atoms with Crippen molar-refractivity contribution in [3.63, 3.8) is 0 Å². The molecule has 1 aromatic carbocycles. The molecule has 1 aromatic heterocycles. The molecule has 0 radical (unpaired) electrons. The van der Waals surface area contributed by atoms with E-state index < -0.39 is 11.9 Å². The molecule has 24 heavy (non-hydrogen) atoms. The first-order chi connectivity index (χ1) is 11.5. The lowest BCUT2D eigenvalue weighted by Crippen LogP contribution is -2.27. The maximum Gasteiger partial charge on any atom is 0.356 e. The lowest BCUT2D eigenvalue weighted by molar-refractivity contribution is 0.0689. The Hall–Kier alpha value is -2.67. The van der Waals surface area contributed by atoms with Gasteiger partial charge in [-0.25, -0.2) is 14.8 Å². The number of aromatic nitrogens is 2. The fourth-order valence-electron chi connectivity index (χ4n) is 2.00. The summed E-state index contributed by atoms with van der Waals surface area (Å²) in [5.74, 6) is -0.903. The Morgan fingerprint density at radius 2 is 1.96 bits per heavy atom. The summed E-state index contributed by atoms with van der Waals surface area (Å²) in [7, 11) is 0. The lowest BCUT2D eigenvalue weighted by atomic mass is 10.1. The van der Waals surface area contributed by atoms with Crippen molar-refractivity contribution >= 4 is 23.5 Å². The third-order valence-electron chi connectivity index (χ3n) is 3.11. The number of carboxylic acid groups (broad SMARTS) is 1. The van der Waals surface area contributed by atoms with E-state index in [1.165, 1.54) is 0 Å². The van der Waals surface area contributed by atoms with Gasteiger partial charge in [-0.3, -0.25) is 4.79 Å². The summed E-state index contributed by atoms with van der Waals surface area (Å²) in [6, 6.07) is 5.33. The number of hydrogen-bond donors (Lipinski definition) is 2. The molecule has 0 aliphatic carbocycles. The van der Waals surface area contributed by atoms with Crippen LogP contribution in [-0.4, -0.2) is 40.1 Å². The number of benzene rings is 1. The molecule has 0 spiro atoms. The van der Waals surface area contributed by atoms with Gasteiger partial charge in [-0.1, -0.05) is 11.6 Å². The van der Waals surface area contributed by atoms with Crippen molar-refractivity contribution in [2.45, 2.75) is 13.3 Å². The number of carbonyl (C=O) groups is 2. The number of ether oxygens (including phenoxy) is 1. The zero-order chi connectivity index (χ0) is 17.5. The minimum atomic E-state index is -1.20. The number of aromatic carboxylic acids is 1. The van der Waals surface area contributed by atoms with E-state index in [0.717, 1.165) is 23.7 Å². The van der Waals surface area contributed by atoms with E-state index >= 15 is 0 Å². The van der Waals surface area contributed by atoms with Crippen molar-refractivity contribution in [1.29, 1.82) is 0 Å². The molecule has 0 fully saturated rings. The van der Waals surface area contributed by atoms with Gasteiger partial charge in [0.2, 0.25) is 0 Å². The van der Waals surface area contributed by atoms with Gasteiger partial charge >= 0.3 is 5.97 Å². The Morgan fingerprint density at radius 3 is 2.58 bits per heavy atom. The summed E-state index contributed by atoms with van der Waals surface area (Å²) in [6.45, 7) is 2.77. The monoisotopic (exact) mass is 349 g/mol. The lowest BCUT2D eigenvalue weighted by Gasteiger charge is -2.11. The number of nitrogens with zero attached hydrogens (tertiary/aromatic N) is 2. The first kappa shape index (κ1) is 17.7. The molecular weight excluding hydrogens is 334 g/mol. The van der Waals surface area contributed by atoms with Crippen molar-refractivity contribution in [1.82, 2.24) is 15.3 Å². The summed E-state index contributed by atoms with van der Waals surface area (Å²) < 4.78 is 5.52. The van der Waals surface area contributed by atoms with Crippen LogP contribution in [0.4, 0.5) is 0 Å². The van der Waals surface area contributed by atoms with Crippen LogP contribution in [0.1, 0.15) is 33.5 Å². The van der Waals surface area contributed by atoms with E-state index in [2.05, 4.69) is 15.3 Å². The Labute approximate surface area is 143 Å². The minimum Gasteiger partial charge on any atom is -0.494 e. The molecule has 2 aromatic rings. The highest BCUT2D eigenvalue weighted by Gasteiger charge is 2.11. The van der Waals surface area contributed by atoms with Crippen molar-refractivity contribution in [3.8, 4) is 5.75 Å². The molecule has 1 amide bonds. The van der Waals surface area contributed by atoms with Gasteiger partial charge in [0, 0.05) is 11.6 Å². The SMILES string of the molecule is CCOc1ccc(Cl)cc1CCNC(=O)c1cnc(C(=O)O)cn1. The summed E-state index contributed by atoms with van der Waals surface area (Å²) in [6.07, 6.45) is 2.70. The van der Waals surface area contributed by atoms with E-state index in [1.54, 1.807) is 18.2 Å². The van der Waals surface area contributed by atoms with Gasteiger partial charge in [-0.15, -0.1) is 0 Å². The molecule has 0 aliphatic rings. The van der Waals surface area contributed by atoms with E-state index in [9.17, 15) is 9.59 Å². The molecule has 0 unspecified atom stereocenters.